The molecule has 0 spiro atoms. The molecule has 0 fully saturated rings. The predicted molar refractivity (Wildman–Crippen MR) is 155 cm³/mol. The SMILES string of the molecule is CC(C)=CCC/C(C)=C/Cc1c(O)cc(O)c2c1O[C@H](c1cc(O)c(O)c(O)c1)[C@H](OC(=O)c1cc(O)c(O)c(O)c1)C2. The number of benzene rings is 3. The molecule has 0 aromatic heterocycles. The van der Waals surface area contributed by atoms with E-state index in [1.807, 2.05) is 26.8 Å². The van der Waals surface area contributed by atoms with E-state index in [-0.39, 0.29) is 46.8 Å². The molecule has 0 unspecified atom stereocenters. The van der Waals surface area contributed by atoms with Crippen LogP contribution in [0.25, 0.3) is 0 Å². The van der Waals surface area contributed by atoms with Crippen molar-refractivity contribution in [2.75, 3.05) is 0 Å². The Bertz CT molecular complexity index is 1570. The summed E-state index contributed by atoms with van der Waals surface area (Å²) in [5.41, 5.74) is 2.63. The van der Waals surface area contributed by atoms with Gasteiger partial charge in [-0.25, -0.2) is 4.79 Å². The van der Waals surface area contributed by atoms with E-state index < -0.39 is 52.7 Å². The van der Waals surface area contributed by atoms with Gasteiger partial charge in [0.25, 0.3) is 0 Å². The minimum atomic E-state index is -1.23. The summed E-state index contributed by atoms with van der Waals surface area (Å²) in [7, 11) is 0. The quantitative estimate of drug-likeness (QED) is 0.0935. The Labute approximate surface area is 247 Å². The third kappa shape index (κ3) is 6.66. The van der Waals surface area contributed by atoms with Gasteiger partial charge in [0.15, 0.2) is 40.6 Å². The highest BCUT2D eigenvalue weighted by Gasteiger charge is 2.39. The highest BCUT2D eigenvalue weighted by molar-refractivity contribution is 5.91. The molecule has 0 aliphatic carbocycles. The van der Waals surface area contributed by atoms with Gasteiger partial charge in [-0.2, -0.15) is 0 Å². The van der Waals surface area contributed by atoms with E-state index in [0.717, 1.165) is 48.7 Å². The summed E-state index contributed by atoms with van der Waals surface area (Å²) >= 11 is 0. The number of hydrogen-bond donors (Lipinski definition) is 8. The first-order valence-electron chi connectivity index (χ1n) is 13.5. The third-order valence-corrected chi connectivity index (χ3v) is 7.16. The Morgan fingerprint density at radius 1 is 0.814 bits per heavy atom. The number of allylic oxidation sites excluding steroid dienone is 4. The van der Waals surface area contributed by atoms with Crippen molar-refractivity contribution in [3.8, 4) is 51.7 Å². The van der Waals surface area contributed by atoms with Gasteiger partial charge in [-0.15, -0.1) is 0 Å². The average molecular weight is 595 g/mol. The first-order chi connectivity index (χ1) is 20.3. The van der Waals surface area contributed by atoms with Crippen molar-refractivity contribution in [2.45, 2.75) is 58.7 Å². The fraction of sp³-hybridized carbons (Fsp3) is 0.281. The van der Waals surface area contributed by atoms with E-state index in [4.69, 9.17) is 9.47 Å². The van der Waals surface area contributed by atoms with Crippen LogP contribution < -0.4 is 4.74 Å². The maximum Gasteiger partial charge on any atom is 0.338 e. The molecule has 1 aliphatic rings. The van der Waals surface area contributed by atoms with Crippen LogP contribution in [0.2, 0.25) is 0 Å². The Hall–Kier alpha value is -5.19. The molecule has 11 nitrogen and oxygen atoms in total. The zero-order valence-corrected chi connectivity index (χ0v) is 23.8. The van der Waals surface area contributed by atoms with Crippen LogP contribution >= 0.6 is 0 Å². The highest BCUT2D eigenvalue weighted by Crippen LogP contribution is 2.48. The molecule has 3 aromatic carbocycles. The molecule has 3 aromatic rings. The molecule has 0 amide bonds. The minimum Gasteiger partial charge on any atom is -0.507 e. The second-order valence-electron chi connectivity index (χ2n) is 10.7. The lowest BCUT2D eigenvalue weighted by Crippen LogP contribution is -2.35. The molecular formula is C32H34O11. The van der Waals surface area contributed by atoms with Crippen LogP contribution in [-0.2, 0) is 17.6 Å². The minimum absolute atomic E-state index is 0.0925. The van der Waals surface area contributed by atoms with Gasteiger partial charge in [0.1, 0.15) is 23.4 Å². The van der Waals surface area contributed by atoms with Crippen LogP contribution in [0.15, 0.2) is 53.6 Å². The molecule has 0 saturated heterocycles. The number of carbonyl (C=O) groups excluding carboxylic acids is 1. The van der Waals surface area contributed by atoms with Gasteiger partial charge in [0.2, 0.25) is 0 Å². The van der Waals surface area contributed by atoms with Crippen molar-refractivity contribution in [2.24, 2.45) is 0 Å². The monoisotopic (exact) mass is 594 g/mol. The maximum atomic E-state index is 13.1. The van der Waals surface area contributed by atoms with E-state index in [1.165, 1.54) is 5.57 Å². The second kappa shape index (κ2) is 12.4. The Morgan fingerprint density at radius 2 is 1.40 bits per heavy atom. The lowest BCUT2D eigenvalue weighted by Gasteiger charge is -2.35. The zero-order chi connectivity index (χ0) is 31.6. The van der Waals surface area contributed by atoms with Crippen molar-refractivity contribution in [3.63, 3.8) is 0 Å². The molecule has 0 radical (unpaired) electrons. The van der Waals surface area contributed by atoms with Crippen molar-refractivity contribution < 1.29 is 55.1 Å². The summed E-state index contributed by atoms with van der Waals surface area (Å²) in [5, 5.41) is 81.1. The predicted octanol–water partition coefficient (Wildman–Crippen LogP) is 5.47. The summed E-state index contributed by atoms with van der Waals surface area (Å²) in [5.74, 6) is -5.92. The number of hydrogen-bond acceptors (Lipinski definition) is 11. The zero-order valence-electron chi connectivity index (χ0n) is 23.8. The number of fused-ring (bicyclic) bond motifs is 1. The van der Waals surface area contributed by atoms with Gasteiger partial charge in [0.05, 0.1) is 5.56 Å². The number of rotatable bonds is 8. The largest absolute Gasteiger partial charge is 0.507 e. The number of carbonyl (C=O) groups is 1. The number of phenols is 8. The van der Waals surface area contributed by atoms with Gasteiger partial charge in [-0.3, -0.25) is 0 Å². The average Bonchev–Trinajstić information content (AvgIpc) is 2.93. The van der Waals surface area contributed by atoms with E-state index >= 15 is 0 Å². The fourth-order valence-electron chi connectivity index (χ4n) is 4.84. The van der Waals surface area contributed by atoms with Crippen molar-refractivity contribution in [3.05, 3.63) is 75.9 Å². The molecule has 0 bridgehead atoms. The number of phenolic OH excluding ortho intramolecular Hbond substituents is 8. The number of esters is 1. The van der Waals surface area contributed by atoms with Crippen LogP contribution in [0.1, 0.15) is 66.8 Å². The summed E-state index contributed by atoms with van der Waals surface area (Å²) in [6, 6.07) is 5.17. The standard InChI is InChI=1S/C32H34O11/c1-15(2)5-4-6-16(3)7-8-19-21(33)14-22(34)20-13-27(42-32(41)18-11-25(37)29(40)26(38)12-18)30(43-31(19)20)17-9-23(35)28(39)24(36)10-17/h5,7,9-12,14,27,30,33-40H,4,6,8,13H2,1-3H3/b16-7+/t27-,30-/m1/s1. The van der Waals surface area contributed by atoms with E-state index in [9.17, 15) is 45.6 Å². The van der Waals surface area contributed by atoms with Gasteiger partial charge in [-0.1, -0.05) is 23.3 Å². The van der Waals surface area contributed by atoms with Gasteiger partial charge in [0, 0.05) is 29.2 Å². The molecule has 228 valence electrons. The number of aromatic hydroxyl groups is 8. The molecule has 11 heteroatoms. The Kier molecular flexibility index (Phi) is 8.84. The fourth-order valence-corrected chi connectivity index (χ4v) is 4.84. The molecule has 1 heterocycles. The maximum absolute atomic E-state index is 13.1. The Morgan fingerprint density at radius 3 is 1.98 bits per heavy atom. The molecular weight excluding hydrogens is 560 g/mol. The van der Waals surface area contributed by atoms with Crippen LogP contribution in [0.4, 0.5) is 0 Å². The van der Waals surface area contributed by atoms with Crippen LogP contribution in [-0.4, -0.2) is 52.9 Å². The normalized spacial score (nSPS) is 16.2. The van der Waals surface area contributed by atoms with Crippen LogP contribution in [0.3, 0.4) is 0 Å². The number of ether oxygens (including phenoxy) is 2. The smallest absolute Gasteiger partial charge is 0.338 e. The lowest BCUT2D eigenvalue weighted by atomic mass is 9.90. The molecule has 1 aliphatic heterocycles. The van der Waals surface area contributed by atoms with Crippen LogP contribution in [0.5, 0.6) is 51.7 Å². The van der Waals surface area contributed by atoms with E-state index in [1.54, 1.807) is 0 Å². The van der Waals surface area contributed by atoms with E-state index in [2.05, 4.69) is 6.08 Å². The van der Waals surface area contributed by atoms with Crippen molar-refractivity contribution >= 4 is 5.97 Å². The van der Waals surface area contributed by atoms with Crippen molar-refractivity contribution in [1.82, 2.24) is 0 Å². The van der Waals surface area contributed by atoms with E-state index in [0.29, 0.717) is 5.56 Å². The van der Waals surface area contributed by atoms with Crippen LogP contribution in [0, 0.1) is 0 Å². The van der Waals surface area contributed by atoms with Gasteiger partial charge in [-0.05, 0) is 64.3 Å². The molecule has 4 rings (SSSR count). The second-order valence-corrected chi connectivity index (χ2v) is 10.7. The molecule has 0 saturated carbocycles. The summed E-state index contributed by atoms with van der Waals surface area (Å²) < 4.78 is 11.9. The summed E-state index contributed by atoms with van der Waals surface area (Å²) in [6.07, 6.45) is 3.34. The highest BCUT2D eigenvalue weighted by atomic mass is 16.6. The van der Waals surface area contributed by atoms with Gasteiger partial charge >= 0.3 is 5.97 Å². The molecule has 43 heavy (non-hydrogen) atoms. The van der Waals surface area contributed by atoms with Gasteiger partial charge < -0.3 is 50.3 Å². The topological polar surface area (TPSA) is 197 Å². The first kappa shape index (κ1) is 30.8. The molecule has 2 atom stereocenters. The lowest BCUT2D eigenvalue weighted by molar-refractivity contribution is -0.0192. The molecule has 8 N–H and O–H groups in total. The first-order valence-corrected chi connectivity index (χ1v) is 13.5. The summed E-state index contributed by atoms with van der Waals surface area (Å²) in [4.78, 5) is 13.1. The van der Waals surface area contributed by atoms with Crippen molar-refractivity contribution in [1.29, 1.82) is 0 Å². The third-order valence-electron chi connectivity index (χ3n) is 7.16. The Balaban J connectivity index is 1.75. The summed E-state index contributed by atoms with van der Waals surface area (Å²) in [6.45, 7) is 6.00.